The van der Waals surface area contributed by atoms with Gasteiger partial charge in [-0.05, 0) is 49.5 Å². The van der Waals surface area contributed by atoms with E-state index >= 15 is 0 Å². The lowest BCUT2D eigenvalue weighted by atomic mass is 9.66. The second-order valence-corrected chi connectivity index (χ2v) is 7.39. The fraction of sp³-hybridized carbons (Fsp3) is 0.875. The molecule has 1 saturated carbocycles. The predicted octanol–water partition coefficient (Wildman–Crippen LogP) is 2.80. The monoisotopic (exact) mass is 278 g/mol. The van der Waals surface area contributed by atoms with Crippen molar-refractivity contribution >= 4 is 0 Å². The summed E-state index contributed by atoms with van der Waals surface area (Å²) in [6.07, 6.45) is 7.05. The highest BCUT2D eigenvalue weighted by Gasteiger charge is 2.35. The van der Waals surface area contributed by atoms with Gasteiger partial charge in [-0.2, -0.15) is 0 Å². The third kappa shape index (κ3) is 3.81. The third-order valence-electron chi connectivity index (χ3n) is 4.79. The fourth-order valence-electron chi connectivity index (χ4n) is 3.56. The van der Waals surface area contributed by atoms with Gasteiger partial charge in [-0.15, -0.1) is 5.10 Å². The zero-order chi connectivity index (χ0) is 14.8. The Bertz CT molecular complexity index is 418. The first-order chi connectivity index (χ1) is 9.40. The maximum absolute atomic E-state index is 4.28. The van der Waals surface area contributed by atoms with Gasteiger partial charge in [0.1, 0.15) is 0 Å². The summed E-state index contributed by atoms with van der Waals surface area (Å²) in [6, 6.07) is 0.639. The lowest BCUT2D eigenvalue weighted by Crippen LogP contribution is -2.43. The van der Waals surface area contributed by atoms with E-state index in [0.717, 1.165) is 24.6 Å². The second kappa shape index (κ2) is 6.25. The van der Waals surface area contributed by atoms with E-state index in [4.69, 9.17) is 0 Å². The normalized spacial score (nSPS) is 27.8. The van der Waals surface area contributed by atoms with Gasteiger partial charge in [0.2, 0.25) is 0 Å². The van der Waals surface area contributed by atoms with Crippen LogP contribution in [-0.4, -0.2) is 27.6 Å². The van der Waals surface area contributed by atoms with Crippen molar-refractivity contribution in [3.63, 3.8) is 0 Å². The van der Waals surface area contributed by atoms with Crippen molar-refractivity contribution in [3.8, 4) is 0 Å². The first kappa shape index (κ1) is 15.5. The largest absolute Gasteiger partial charge is 0.314 e. The highest BCUT2D eigenvalue weighted by atomic mass is 15.4. The average molecular weight is 278 g/mol. The molecular formula is C16H30N4. The molecule has 1 aromatic heterocycles. The maximum Gasteiger partial charge on any atom is 0.0830 e. The number of nitrogens with zero attached hydrogens (tertiary/aromatic N) is 3. The molecule has 1 aromatic rings. The van der Waals surface area contributed by atoms with Crippen LogP contribution in [0.25, 0.3) is 0 Å². The molecule has 4 heteroatoms. The average Bonchev–Trinajstić information content (AvgIpc) is 2.76. The van der Waals surface area contributed by atoms with Gasteiger partial charge in [-0.1, -0.05) is 32.9 Å². The van der Waals surface area contributed by atoms with E-state index in [2.05, 4.69) is 49.5 Å². The fourth-order valence-corrected chi connectivity index (χ4v) is 3.56. The van der Waals surface area contributed by atoms with Crippen molar-refractivity contribution in [2.24, 2.45) is 24.3 Å². The van der Waals surface area contributed by atoms with E-state index < -0.39 is 0 Å². The molecule has 0 aromatic carbocycles. The van der Waals surface area contributed by atoms with Crippen molar-refractivity contribution in [2.75, 3.05) is 6.54 Å². The van der Waals surface area contributed by atoms with E-state index in [0.29, 0.717) is 17.4 Å². The summed E-state index contributed by atoms with van der Waals surface area (Å²) in [5.41, 5.74) is 1.55. The van der Waals surface area contributed by atoms with Gasteiger partial charge < -0.3 is 5.32 Å². The summed E-state index contributed by atoms with van der Waals surface area (Å²) >= 11 is 0. The molecule has 1 aliphatic rings. The van der Waals surface area contributed by atoms with E-state index in [-0.39, 0.29) is 0 Å². The van der Waals surface area contributed by atoms with Crippen LogP contribution in [0.2, 0.25) is 0 Å². The van der Waals surface area contributed by atoms with E-state index in [9.17, 15) is 0 Å². The Balaban J connectivity index is 2.06. The molecule has 0 radical (unpaired) electrons. The minimum atomic E-state index is 0.414. The Morgan fingerprint density at radius 3 is 2.65 bits per heavy atom. The molecule has 0 amide bonds. The molecule has 1 N–H and O–H groups in total. The molecule has 1 heterocycles. The summed E-state index contributed by atoms with van der Waals surface area (Å²) in [7, 11) is 1.94. The molecule has 3 atom stereocenters. The molecular weight excluding hydrogens is 248 g/mol. The van der Waals surface area contributed by atoms with Gasteiger partial charge in [0.15, 0.2) is 0 Å². The first-order valence-corrected chi connectivity index (χ1v) is 7.98. The van der Waals surface area contributed by atoms with Crippen LogP contribution in [0.3, 0.4) is 0 Å². The van der Waals surface area contributed by atoms with Crippen LogP contribution >= 0.6 is 0 Å². The Hall–Kier alpha value is -0.900. The van der Waals surface area contributed by atoms with E-state index in [1.807, 2.05) is 11.7 Å². The third-order valence-corrected chi connectivity index (χ3v) is 4.79. The van der Waals surface area contributed by atoms with Crippen LogP contribution < -0.4 is 5.32 Å². The van der Waals surface area contributed by atoms with Gasteiger partial charge in [0.05, 0.1) is 5.69 Å². The lowest BCUT2D eigenvalue weighted by Gasteiger charge is -2.42. The molecule has 0 spiro atoms. The minimum absolute atomic E-state index is 0.414. The standard InChI is InChI=1S/C16H30N4/c1-6-17-15-8-7-13(16(2,3)4)9-12(15)10-14-11-20(5)19-18-14/h11-13,15,17H,6-10H2,1-5H3. The molecule has 1 fully saturated rings. The van der Waals surface area contributed by atoms with Crippen LogP contribution in [0, 0.1) is 17.3 Å². The molecule has 114 valence electrons. The van der Waals surface area contributed by atoms with Gasteiger partial charge in [0, 0.05) is 19.3 Å². The highest BCUT2D eigenvalue weighted by molar-refractivity contribution is 4.99. The molecule has 0 aliphatic heterocycles. The number of rotatable bonds is 4. The first-order valence-electron chi connectivity index (χ1n) is 7.98. The lowest BCUT2D eigenvalue weighted by molar-refractivity contribution is 0.114. The molecule has 0 saturated heterocycles. The number of hydrogen-bond donors (Lipinski definition) is 1. The summed E-state index contributed by atoms with van der Waals surface area (Å²) < 4.78 is 1.81. The SMILES string of the molecule is CCNC1CCC(C(C)(C)C)CC1Cc1cn(C)nn1. The molecule has 2 rings (SSSR count). The van der Waals surface area contributed by atoms with Crippen molar-refractivity contribution in [2.45, 2.75) is 59.4 Å². The van der Waals surface area contributed by atoms with Crippen LogP contribution in [-0.2, 0) is 13.5 Å². The van der Waals surface area contributed by atoms with Crippen LogP contribution in [0.1, 0.15) is 52.7 Å². The Kier molecular flexibility index (Phi) is 4.84. The number of aromatic nitrogens is 3. The quantitative estimate of drug-likeness (QED) is 0.921. The number of hydrogen-bond acceptors (Lipinski definition) is 3. The molecule has 0 bridgehead atoms. The summed E-state index contributed by atoms with van der Waals surface area (Å²) in [4.78, 5) is 0. The summed E-state index contributed by atoms with van der Waals surface area (Å²) in [5.74, 6) is 1.50. The number of nitrogens with one attached hydrogen (secondary N) is 1. The Morgan fingerprint density at radius 1 is 1.35 bits per heavy atom. The van der Waals surface area contributed by atoms with Crippen molar-refractivity contribution in [1.82, 2.24) is 20.3 Å². The van der Waals surface area contributed by atoms with E-state index in [1.165, 1.54) is 19.3 Å². The van der Waals surface area contributed by atoms with Crippen LogP contribution in [0.4, 0.5) is 0 Å². The summed E-state index contributed by atoms with van der Waals surface area (Å²) in [6.45, 7) is 10.4. The second-order valence-electron chi connectivity index (χ2n) is 7.39. The molecule has 4 nitrogen and oxygen atoms in total. The Labute approximate surface area is 123 Å². The molecule has 1 aliphatic carbocycles. The maximum atomic E-state index is 4.28. The zero-order valence-corrected chi connectivity index (χ0v) is 13.7. The smallest absolute Gasteiger partial charge is 0.0830 e. The predicted molar refractivity (Wildman–Crippen MR) is 82.5 cm³/mol. The van der Waals surface area contributed by atoms with E-state index in [1.54, 1.807) is 0 Å². The summed E-state index contributed by atoms with van der Waals surface area (Å²) in [5, 5.41) is 12.0. The molecule has 20 heavy (non-hydrogen) atoms. The zero-order valence-electron chi connectivity index (χ0n) is 13.7. The van der Waals surface area contributed by atoms with Gasteiger partial charge in [-0.25, -0.2) is 0 Å². The van der Waals surface area contributed by atoms with Gasteiger partial charge in [-0.3, -0.25) is 4.68 Å². The molecule has 3 unspecified atom stereocenters. The van der Waals surface area contributed by atoms with Gasteiger partial charge >= 0.3 is 0 Å². The van der Waals surface area contributed by atoms with Crippen LogP contribution in [0.5, 0.6) is 0 Å². The Morgan fingerprint density at radius 2 is 2.10 bits per heavy atom. The van der Waals surface area contributed by atoms with Crippen molar-refractivity contribution in [1.29, 1.82) is 0 Å². The van der Waals surface area contributed by atoms with Crippen LogP contribution in [0.15, 0.2) is 6.20 Å². The topological polar surface area (TPSA) is 42.7 Å². The minimum Gasteiger partial charge on any atom is -0.314 e. The van der Waals surface area contributed by atoms with Crippen molar-refractivity contribution in [3.05, 3.63) is 11.9 Å². The number of aryl methyl sites for hydroxylation is 1. The highest BCUT2D eigenvalue weighted by Crippen LogP contribution is 2.41. The van der Waals surface area contributed by atoms with Crippen molar-refractivity contribution < 1.29 is 0 Å². The van der Waals surface area contributed by atoms with Gasteiger partial charge in [0.25, 0.3) is 0 Å².